The average Bonchev–Trinajstić information content (AvgIpc) is 2.88. The van der Waals surface area contributed by atoms with Gasteiger partial charge in [-0.3, -0.25) is 0 Å². The van der Waals surface area contributed by atoms with Gasteiger partial charge in [0.2, 0.25) is 0 Å². The fraction of sp³-hybridized carbons (Fsp3) is 0.300. The molecule has 0 aliphatic heterocycles. The van der Waals surface area contributed by atoms with Crippen LogP contribution in [0.4, 0.5) is 0 Å². The van der Waals surface area contributed by atoms with Gasteiger partial charge in [-0.05, 0) is 34.6 Å². The van der Waals surface area contributed by atoms with Crippen molar-refractivity contribution in [2.75, 3.05) is 6.54 Å². The van der Waals surface area contributed by atoms with E-state index in [2.05, 4.69) is 26.2 Å². The van der Waals surface area contributed by atoms with Gasteiger partial charge in [0, 0.05) is 6.42 Å². The summed E-state index contributed by atoms with van der Waals surface area (Å²) in [5.41, 5.74) is 5.90. The van der Waals surface area contributed by atoms with Crippen LogP contribution in [-0.2, 0) is 13.0 Å². The van der Waals surface area contributed by atoms with Gasteiger partial charge < -0.3 is 15.3 Å². The van der Waals surface area contributed by atoms with Crippen molar-refractivity contribution in [2.45, 2.75) is 13.0 Å². The molecule has 0 saturated heterocycles. The molecular formula is C10H11BrN4O3. The highest BCUT2D eigenvalue weighted by Gasteiger charge is 2.18. The quantitative estimate of drug-likeness (QED) is 0.848. The van der Waals surface area contributed by atoms with Gasteiger partial charge in [-0.15, -0.1) is 5.10 Å². The molecule has 0 spiro atoms. The largest absolute Gasteiger partial charge is 0.476 e. The van der Waals surface area contributed by atoms with Crippen LogP contribution in [0, 0.1) is 0 Å². The molecule has 0 atom stereocenters. The molecule has 2 rings (SSSR count). The number of hydrogen-bond acceptors (Lipinski definition) is 5. The zero-order chi connectivity index (χ0) is 13.1. The van der Waals surface area contributed by atoms with E-state index in [0.29, 0.717) is 35.6 Å². The first-order valence-corrected chi connectivity index (χ1v) is 6.01. The second kappa shape index (κ2) is 5.32. The zero-order valence-electron chi connectivity index (χ0n) is 9.34. The summed E-state index contributed by atoms with van der Waals surface area (Å²) in [7, 11) is 0. The van der Waals surface area contributed by atoms with Crippen molar-refractivity contribution in [1.82, 2.24) is 15.0 Å². The molecule has 0 fully saturated rings. The van der Waals surface area contributed by atoms with Crippen LogP contribution >= 0.6 is 15.9 Å². The summed E-state index contributed by atoms with van der Waals surface area (Å²) < 4.78 is 7.44. The molecule has 0 saturated carbocycles. The van der Waals surface area contributed by atoms with Crippen LogP contribution in [-0.4, -0.2) is 32.6 Å². The van der Waals surface area contributed by atoms with Crippen LogP contribution in [0.25, 0.3) is 0 Å². The number of nitrogens with zero attached hydrogens (tertiary/aromatic N) is 3. The summed E-state index contributed by atoms with van der Waals surface area (Å²) in [6.45, 7) is 0.650. The minimum absolute atomic E-state index is 0.0638. The van der Waals surface area contributed by atoms with Crippen molar-refractivity contribution < 1.29 is 14.3 Å². The number of furan rings is 1. The van der Waals surface area contributed by atoms with Crippen molar-refractivity contribution in [3.05, 3.63) is 34.0 Å². The summed E-state index contributed by atoms with van der Waals surface area (Å²) in [6.07, 6.45) is 0.399. The Morgan fingerprint density at radius 3 is 2.89 bits per heavy atom. The summed E-state index contributed by atoms with van der Waals surface area (Å²) in [5, 5.41) is 16.4. The Kier molecular flexibility index (Phi) is 3.78. The lowest BCUT2D eigenvalue weighted by Crippen LogP contribution is -2.13. The number of carboxylic acid groups (broad SMARTS) is 1. The van der Waals surface area contributed by atoms with Crippen molar-refractivity contribution in [1.29, 1.82) is 0 Å². The number of hydrogen-bond donors (Lipinski definition) is 2. The van der Waals surface area contributed by atoms with Crippen LogP contribution in [0.3, 0.4) is 0 Å². The Bertz CT molecular complexity index is 563. The second-order valence-electron chi connectivity index (χ2n) is 3.59. The lowest BCUT2D eigenvalue weighted by atomic mass is 10.2. The minimum Gasteiger partial charge on any atom is -0.476 e. The van der Waals surface area contributed by atoms with E-state index in [1.807, 2.05) is 0 Å². The standard InChI is InChI=1S/C10H11BrN4O3/c11-8-2-1-6(18-8)5-15-7(3-4-12)9(10(16)17)13-14-15/h1-2H,3-5,12H2,(H,16,17). The van der Waals surface area contributed by atoms with Crippen molar-refractivity contribution in [3.63, 3.8) is 0 Å². The molecule has 0 radical (unpaired) electrons. The predicted molar refractivity (Wildman–Crippen MR) is 65.2 cm³/mol. The van der Waals surface area contributed by atoms with Gasteiger partial charge >= 0.3 is 5.97 Å². The molecule has 0 amide bonds. The lowest BCUT2D eigenvalue weighted by molar-refractivity contribution is 0.0689. The molecule has 7 nitrogen and oxygen atoms in total. The molecule has 0 bridgehead atoms. The summed E-state index contributed by atoms with van der Waals surface area (Å²) >= 11 is 3.20. The highest BCUT2D eigenvalue weighted by atomic mass is 79.9. The van der Waals surface area contributed by atoms with Crippen LogP contribution in [0.5, 0.6) is 0 Å². The van der Waals surface area contributed by atoms with Crippen molar-refractivity contribution in [2.24, 2.45) is 5.73 Å². The molecule has 18 heavy (non-hydrogen) atoms. The molecule has 0 aliphatic rings. The third-order valence-corrected chi connectivity index (χ3v) is 2.78. The van der Waals surface area contributed by atoms with Gasteiger partial charge in [0.25, 0.3) is 0 Å². The molecule has 0 aromatic carbocycles. The Labute approximate surface area is 111 Å². The van der Waals surface area contributed by atoms with E-state index >= 15 is 0 Å². The molecule has 0 unspecified atom stereocenters. The predicted octanol–water partition coefficient (Wildman–Crippen LogP) is 0.881. The van der Waals surface area contributed by atoms with E-state index in [4.69, 9.17) is 15.3 Å². The van der Waals surface area contributed by atoms with Gasteiger partial charge in [0.05, 0.1) is 5.69 Å². The third kappa shape index (κ3) is 2.59. The van der Waals surface area contributed by atoms with E-state index < -0.39 is 5.97 Å². The maximum absolute atomic E-state index is 11.0. The number of nitrogens with two attached hydrogens (primary N) is 1. The van der Waals surface area contributed by atoms with E-state index in [-0.39, 0.29) is 5.69 Å². The summed E-state index contributed by atoms with van der Waals surface area (Å²) in [5.74, 6) is -0.452. The van der Waals surface area contributed by atoms with Gasteiger partial charge in [-0.2, -0.15) is 0 Å². The van der Waals surface area contributed by atoms with Crippen molar-refractivity contribution >= 4 is 21.9 Å². The van der Waals surface area contributed by atoms with Crippen LogP contribution < -0.4 is 5.73 Å². The van der Waals surface area contributed by atoms with Gasteiger partial charge in [-0.1, -0.05) is 5.21 Å². The van der Waals surface area contributed by atoms with Crippen molar-refractivity contribution in [3.8, 4) is 0 Å². The molecule has 2 aromatic heterocycles. The molecule has 96 valence electrons. The maximum atomic E-state index is 11.0. The van der Waals surface area contributed by atoms with Gasteiger partial charge in [0.15, 0.2) is 10.4 Å². The monoisotopic (exact) mass is 314 g/mol. The summed E-state index contributed by atoms with van der Waals surface area (Å²) in [6, 6.07) is 3.53. The number of aromatic nitrogens is 3. The lowest BCUT2D eigenvalue weighted by Gasteiger charge is -2.03. The number of rotatable bonds is 5. The third-order valence-electron chi connectivity index (χ3n) is 2.36. The fourth-order valence-corrected chi connectivity index (χ4v) is 1.93. The fourth-order valence-electron chi connectivity index (χ4n) is 1.59. The first-order valence-electron chi connectivity index (χ1n) is 5.21. The normalized spacial score (nSPS) is 10.8. The maximum Gasteiger partial charge on any atom is 0.358 e. The van der Waals surface area contributed by atoms with E-state index in [1.165, 1.54) is 4.68 Å². The first-order chi connectivity index (χ1) is 8.61. The average molecular weight is 315 g/mol. The highest BCUT2D eigenvalue weighted by Crippen LogP contribution is 2.16. The van der Waals surface area contributed by atoms with E-state index in [9.17, 15) is 4.79 Å². The molecule has 2 heterocycles. The topological polar surface area (TPSA) is 107 Å². The SMILES string of the molecule is NCCc1c(C(=O)O)nnn1Cc1ccc(Br)o1. The molecule has 2 aromatic rings. The van der Waals surface area contributed by atoms with Gasteiger partial charge in [-0.25, -0.2) is 9.48 Å². The zero-order valence-corrected chi connectivity index (χ0v) is 10.9. The van der Waals surface area contributed by atoms with Crippen LogP contribution in [0.2, 0.25) is 0 Å². The number of carboxylic acids is 1. The molecule has 0 aliphatic carbocycles. The van der Waals surface area contributed by atoms with Crippen LogP contribution in [0.15, 0.2) is 21.2 Å². The first kappa shape index (κ1) is 12.8. The molecule has 3 N–H and O–H groups in total. The highest BCUT2D eigenvalue weighted by molar-refractivity contribution is 9.10. The minimum atomic E-state index is -1.11. The second-order valence-corrected chi connectivity index (χ2v) is 4.37. The molecular weight excluding hydrogens is 304 g/mol. The van der Waals surface area contributed by atoms with E-state index in [0.717, 1.165) is 0 Å². The Hall–Kier alpha value is -1.67. The Balaban J connectivity index is 2.29. The Morgan fingerprint density at radius 1 is 1.56 bits per heavy atom. The van der Waals surface area contributed by atoms with Gasteiger partial charge in [0.1, 0.15) is 12.3 Å². The van der Waals surface area contributed by atoms with E-state index in [1.54, 1.807) is 12.1 Å². The Morgan fingerprint density at radius 2 is 2.33 bits per heavy atom. The number of halogens is 1. The number of aromatic carboxylic acids is 1. The summed E-state index contributed by atoms with van der Waals surface area (Å²) in [4.78, 5) is 11.0. The number of carbonyl (C=O) groups is 1. The smallest absolute Gasteiger partial charge is 0.358 e. The van der Waals surface area contributed by atoms with Crippen LogP contribution in [0.1, 0.15) is 21.9 Å². The molecule has 8 heteroatoms.